The second-order valence-corrected chi connectivity index (χ2v) is 4.68. The van der Waals surface area contributed by atoms with Gasteiger partial charge in [-0.05, 0) is 12.1 Å². The summed E-state index contributed by atoms with van der Waals surface area (Å²) in [6.07, 6.45) is -7.17. The van der Waals surface area contributed by atoms with Crippen LogP contribution in [0.1, 0.15) is 5.56 Å². The number of nitrogens with one attached hydrogen (secondary N) is 1. The number of aliphatic hydroxyl groups excluding tert-OH is 3. The van der Waals surface area contributed by atoms with E-state index in [2.05, 4.69) is 10.3 Å². The Morgan fingerprint density at radius 1 is 1.33 bits per heavy atom. The molecule has 9 heteroatoms. The van der Waals surface area contributed by atoms with Crippen LogP contribution in [0.15, 0.2) is 18.3 Å². The van der Waals surface area contributed by atoms with E-state index >= 15 is 0 Å². The number of nitrogens with zero attached hydrogens (tertiary/aromatic N) is 1. The summed E-state index contributed by atoms with van der Waals surface area (Å²) >= 11 is 0. The number of rotatable bonds is 3. The molecule has 118 valence electrons. The van der Waals surface area contributed by atoms with Gasteiger partial charge in [0.2, 0.25) is 0 Å². The van der Waals surface area contributed by atoms with Crippen LogP contribution in [-0.4, -0.2) is 57.9 Å². The Morgan fingerprint density at radius 2 is 2.05 bits per heavy atom. The third-order valence-corrected chi connectivity index (χ3v) is 3.25. The first-order valence-corrected chi connectivity index (χ1v) is 6.22. The zero-order valence-corrected chi connectivity index (χ0v) is 10.8. The molecule has 6 nitrogen and oxygen atoms in total. The van der Waals surface area contributed by atoms with Gasteiger partial charge in [0.15, 0.2) is 0 Å². The molecule has 0 saturated carbocycles. The van der Waals surface area contributed by atoms with Crippen molar-refractivity contribution in [1.29, 1.82) is 0 Å². The Hall–Kier alpha value is -1.42. The molecule has 0 amide bonds. The lowest BCUT2D eigenvalue weighted by Gasteiger charge is -2.37. The Morgan fingerprint density at radius 3 is 2.67 bits per heavy atom. The van der Waals surface area contributed by atoms with Crippen molar-refractivity contribution in [2.45, 2.75) is 30.5 Å². The summed E-state index contributed by atoms with van der Waals surface area (Å²) in [5.41, 5.74) is -0.976. The molecule has 2 rings (SSSR count). The normalized spacial score (nSPS) is 30.2. The van der Waals surface area contributed by atoms with Gasteiger partial charge in [0.1, 0.15) is 24.1 Å². The van der Waals surface area contributed by atoms with E-state index in [4.69, 9.17) is 9.84 Å². The smallest absolute Gasteiger partial charge is 0.394 e. The van der Waals surface area contributed by atoms with Gasteiger partial charge >= 0.3 is 6.18 Å². The highest BCUT2D eigenvalue weighted by Crippen LogP contribution is 2.34. The largest absolute Gasteiger partial charge is 0.419 e. The molecule has 0 unspecified atom stereocenters. The maximum Gasteiger partial charge on any atom is 0.419 e. The molecule has 0 aliphatic carbocycles. The van der Waals surface area contributed by atoms with E-state index in [1.54, 1.807) is 0 Å². The number of hydrogen-bond acceptors (Lipinski definition) is 6. The van der Waals surface area contributed by atoms with Gasteiger partial charge in [-0.1, -0.05) is 0 Å². The number of hydrogen-bond donors (Lipinski definition) is 4. The monoisotopic (exact) mass is 308 g/mol. The third kappa shape index (κ3) is 3.43. The van der Waals surface area contributed by atoms with Crippen molar-refractivity contribution in [2.75, 3.05) is 18.5 Å². The van der Waals surface area contributed by atoms with Crippen LogP contribution in [0.2, 0.25) is 0 Å². The maximum atomic E-state index is 12.8. The maximum absolute atomic E-state index is 12.8. The third-order valence-electron chi connectivity index (χ3n) is 3.25. The number of ether oxygens (including phenoxy) is 1. The van der Waals surface area contributed by atoms with Crippen LogP contribution in [0.5, 0.6) is 0 Å². The van der Waals surface area contributed by atoms with Crippen molar-refractivity contribution >= 4 is 5.82 Å². The number of anilines is 1. The van der Waals surface area contributed by atoms with Gasteiger partial charge in [0.25, 0.3) is 0 Å². The number of aromatic nitrogens is 1. The minimum Gasteiger partial charge on any atom is -0.394 e. The molecule has 21 heavy (non-hydrogen) atoms. The molecule has 4 N–H and O–H groups in total. The quantitative estimate of drug-likeness (QED) is 0.628. The molecule has 1 aliphatic heterocycles. The van der Waals surface area contributed by atoms with Crippen molar-refractivity contribution in [2.24, 2.45) is 0 Å². The fourth-order valence-corrected chi connectivity index (χ4v) is 2.09. The van der Waals surface area contributed by atoms with Gasteiger partial charge < -0.3 is 25.4 Å². The lowest BCUT2D eigenvalue weighted by Crippen LogP contribution is -2.56. The molecule has 4 atom stereocenters. The van der Waals surface area contributed by atoms with Gasteiger partial charge in [0.05, 0.1) is 24.8 Å². The van der Waals surface area contributed by atoms with Crippen LogP contribution in [0, 0.1) is 0 Å². The molecule has 1 saturated heterocycles. The van der Waals surface area contributed by atoms with Crippen molar-refractivity contribution in [3.8, 4) is 0 Å². The van der Waals surface area contributed by atoms with E-state index in [1.165, 1.54) is 6.20 Å². The van der Waals surface area contributed by atoms with Gasteiger partial charge in [-0.25, -0.2) is 4.98 Å². The molecule has 0 bridgehead atoms. The summed E-state index contributed by atoms with van der Waals surface area (Å²) in [5.74, 6) is -0.452. The first kappa shape index (κ1) is 16.0. The standard InChI is InChI=1S/C12H15F3N2O4/c13-12(14,15)6-2-1-3-16-11(6)17-7-5-21-8(4-18)10(20)9(7)19/h1-3,7-10,18-20H,4-5H2,(H,16,17)/t7-,8+,9+,10-/m0/s1. The first-order valence-electron chi connectivity index (χ1n) is 6.22. The van der Waals surface area contributed by atoms with Crippen LogP contribution < -0.4 is 5.32 Å². The SMILES string of the molecule is OC[C@H]1OC[C@H](Nc2ncccc2C(F)(F)F)[C@@H](O)[C@H]1O. The molecule has 1 aliphatic rings. The topological polar surface area (TPSA) is 94.8 Å². The second-order valence-electron chi connectivity index (χ2n) is 4.68. The van der Waals surface area contributed by atoms with Gasteiger partial charge in [-0.3, -0.25) is 0 Å². The van der Waals surface area contributed by atoms with Crippen molar-refractivity contribution in [3.05, 3.63) is 23.9 Å². The van der Waals surface area contributed by atoms with Crippen LogP contribution in [0.25, 0.3) is 0 Å². The molecular weight excluding hydrogens is 293 g/mol. The van der Waals surface area contributed by atoms with E-state index in [1.807, 2.05) is 0 Å². The van der Waals surface area contributed by atoms with Crippen LogP contribution >= 0.6 is 0 Å². The summed E-state index contributed by atoms with van der Waals surface area (Å²) < 4.78 is 43.6. The summed E-state index contributed by atoms with van der Waals surface area (Å²) in [6.45, 7) is -0.667. The minimum atomic E-state index is -4.59. The Labute approximate surface area is 118 Å². The Bertz CT molecular complexity index is 486. The van der Waals surface area contributed by atoms with E-state index in [-0.39, 0.29) is 6.61 Å². The highest BCUT2D eigenvalue weighted by atomic mass is 19.4. The number of alkyl halides is 3. The molecular formula is C12H15F3N2O4. The van der Waals surface area contributed by atoms with E-state index in [0.29, 0.717) is 0 Å². The van der Waals surface area contributed by atoms with Crippen LogP contribution in [0.3, 0.4) is 0 Å². The number of pyridine rings is 1. The Kier molecular flexibility index (Phi) is 4.67. The summed E-state index contributed by atoms with van der Waals surface area (Å²) in [5, 5.41) is 30.9. The molecule has 2 heterocycles. The van der Waals surface area contributed by atoms with Crippen molar-refractivity contribution in [3.63, 3.8) is 0 Å². The zero-order valence-electron chi connectivity index (χ0n) is 10.8. The first-order chi connectivity index (χ1) is 9.84. The predicted octanol–water partition coefficient (Wildman–Crippen LogP) is -0.00620. The highest BCUT2D eigenvalue weighted by Gasteiger charge is 2.40. The van der Waals surface area contributed by atoms with Crippen LogP contribution in [-0.2, 0) is 10.9 Å². The zero-order chi connectivity index (χ0) is 15.6. The fraction of sp³-hybridized carbons (Fsp3) is 0.583. The van der Waals surface area contributed by atoms with Gasteiger partial charge in [-0.15, -0.1) is 0 Å². The van der Waals surface area contributed by atoms with Gasteiger partial charge in [-0.2, -0.15) is 13.2 Å². The molecule has 0 spiro atoms. The number of halogens is 3. The van der Waals surface area contributed by atoms with Crippen molar-refractivity contribution in [1.82, 2.24) is 4.98 Å². The summed E-state index contributed by atoms with van der Waals surface area (Å²) in [6, 6.07) is 1.04. The summed E-state index contributed by atoms with van der Waals surface area (Å²) in [4.78, 5) is 3.61. The average molecular weight is 308 g/mol. The van der Waals surface area contributed by atoms with Crippen molar-refractivity contribution < 1.29 is 33.2 Å². The molecule has 0 aromatic carbocycles. The summed E-state index contributed by atoms with van der Waals surface area (Å²) in [7, 11) is 0. The predicted molar refractivity (Wildman–Crippen MR) is 65.5 cm³/mol. The molecule has 0 radical (unpaired) electrons. The highest BCUT2D eigenvalue weighted by molar-refractivity contribution is 5.46. The van der Waals surface area contributed by atoms with Crippen LogP contribution in [0.4, 0.5) is 19.0 Å². The van der Waals surface area contributed by atoms with Gasteiger partial charge in [0, 0.05) is 6.20 Å². The Balaban J connectivity index is 2.16. The van der Waals surface area contributed by atoms with E-state index in [9.17, 15) is 23.4 Å². The fourth-order valence-electron chi connectivity index (χ4n) is 2.09. The molecule has 1 aromatic rings. The molecule has 1 fully saturated rings. The molecule has 1 aromatic heterocycles. The van der Waals surface area contributed by atoms with E-state index < -0.39 is 48.5 Å². The lowest BCUT2D eigenvalue weighted by molar-refractivity contribution is -0.153. The average Bonchev–Trinajstić information content (AvgIpc) is 2.44. The number of aliphatic hydroxyl groups is 3. The minimum absolute atomic E-state index is 0.169. The van der Waals surface area contributed by atoms with E-state index in [0.717, 1.165) is 12.1 Å². The second kappa shape index (κ2) is 6.14. The lowest BCUT2D eigenvalue weighted by atomic mass is 9.98.